The molecule has 2 bridgehead atoms. The van der Waals surface area contributed by atoms with E-state index in [0.29, 0.717) is 24.8 Å². The van der Waals surface area contributed by atoms with Crippen molar-refractivity contribution in [3.8, 4) is 0 Å². The first-order valence-corrected chi connectivity index (χ1v) is 14.2. The average Bonchev–Trinajstić information content (AvgIpc) is 3.26. The minimum atomic E-state index is -2.25. The number of carbonyl (C=O) groups is 3. The van der Waals surface area contributed by atoms with Gasteiger partial charge in [-0.15, -0.1) is 0 Å². The van der Waals surface area contributed by atoms with E-state index in [1.165, 1.54) is 0 Å². The Kier molecular flexibility index (Phi) is 7.52. The lowest BCUT2D eigenvalue weighted by Gasteiger charge is -2.48. The van der Waals surface area contributed by atoms with E-state index in [4.69, 9.17) is 9.47 Å². The molecule has 38 heavy (non-hydrogen) atoms. The molecule has 3 N–H and O–H groups in total. The van der Waals surface area contributed by atoms with Gasteiger partial charge in [0.15, 0.2) is 5.78 Å². The second kappa shape index (κ2) is 9.86. The molecule has 0 aromatic heterocycles. The van der Waals surface area contributed by atoms with Crippen LogP contribution in [-0.4, -0.2) is 63.1 Å². The predicted molar refractivity (Wildman–Crippen MR) is 140 cm³/mol. The third-order valence-electron chi connectivity index (χ3n) is 10.0. The van der Waals surface area contributed by atoms with Crippen molar-refractivity contribution in [2.75, 3.05) is 6.61 Å². The molecular formula is C30H44O8. The Morgan fingerprint density at radius 1 is 1.05 bits per heavy atom. The molecule has 4 aliphatic rings. The summed E-state index contributed by atoms with van der Waals surface area (Å²) in [4.78, 5) is 39.7. The SMILES string of the molecule is CCCCCC(=O)O[C@@]12CC(C)C34C=C(C)[C@H](O)[C@@]3(O)[C@H](O)C(COC(=O)CCC)=C[C@H](C4=O)[C@@H]1C2(C)C. The van der Waals surface area contributed by atoms with Crippen LogP contribution in [0, 0.1) is 28.6 Å². The van der Waals surface area contributed by atoms with Gasteiger partial charge in [-0.1, -0.05) is 59.6 Å². The molecule has 0 heterocycles. The fraction of sp³-hybridized carbons (Fsp3) is 0.767. The third-order valence-corrected chi connectivity index (χ3v) is 10.0. The summed E-state index contributed by atoms with van der Waals surface area (Å²) in [6.45, 7) is 11.0. The number of hydrogen-bond acceptors (Lipinski definition) is 8. The van der Waals surface area contributed by atoms with E-state index in [1.807, 2.05) is 27.7 Å². The Bertz CT molecular complexity index is 1060. The topological polar surface area (TPSA) is 130 Å². The summed E-state index contributed by atoms with van der Waals surface area (Å²) in [6, 6.07) is 0. The summed E-state index contributed by atoms with van der Waals surface area (Å²) >= 11 is 0. The van der Waals surface area contributed by atoms with E-state index in [9.17, 15) is 29.7 Å². The zero-order chi connectivity index (χ0) is 28.3. The van der Waals surface area contributed by atoms with Gasteiger partial charge in [-0.05, 0) is 43.3 Å². The minimum Gasteiger partial charge on any atom is -0.461 e. The Balaban J connectivity index is 1.81. The fourth-order valence-corrected chi connectivity index (χ4v) is 7.93. The van der Waals surface area contributed by atoms with Crippen molar-refractivity contribution in [3.63, 3.8) is 0 Å². The lowest BCUT2D eigenvalue weighted by atomic mass is 9.59. The number of Topliss-reactive ketones (excluding diaryl/α,β-unsaturated/α-hetero) is 1. The molecule has 0 saturated heterocycles. The number of ether oxygens (including phenoxy) is 2. The fourth-order valence-electron chi connectivity index (χ4n) is 7.93. The average molecular weight is 533 g/mol. The molecule has 0 aromatic carbocycles. The number of aliphatic hydroxyl groups is 3. The van der Waals surface area contributed by atoms with E-state index < -0.39 is 52.0 Å². The number of allylic oxidation sites excluding steroid dienone is 1. The number of esters is 2. The van der Waals surface area contributed by atoms with Gasteiger partial charge in [0.1, 0.15) is 30.0 Å². The molecule has 0 amide bonds. The second-order valence-electron chi connectivity index (χ2n) is 12.6. The summed E-state index contributed by atoms with van der Waals surface area (Å²) < 4.78 is 11.7. The highest BCUT2D eigenvalue weighted by atomic mass is 16.6. The van der Waals surface area contributed by atoms with Crippen molar-refractivity contribution < 1.29 is 39.2 Å². The number of rotatable bonds is 9. The first-order chi connectivity index (χ1) is 17.8. The second-order valence-corrected chi connectivity index (χ2v) is 12.6. The Morgan fingerprint density at radius 2 is 1.74 bits per heavy atom. The molecule has 1 spiro atoms. The number of carbonyl (C=O) groups excluding carboxylic acids is 3. The van der Waals surface area contributed by atoms with Crippen LogP contribution in [0.4, 0.5) is 0 Å². The Hall–Kier alpha value is -2.03. The highest BCUT2D eigenvalue weighted by molar-refractivity contribution is 5.96. The van der Waals surface area contributed by atoms with Gasteiger partial charge in [-0.25, -0.2) is 0 Å². The number of fused-ring (bicyclic) bond motifs is 3. The van der Waals surface area contributed by atoms with Crippen LogP contribution < -0.4 is 0 Å². The third kappa shape index (κ3) is 3.85. The van der Waals surface area contributed by atoms with Crippen LogP contribution in [0.3, 0.4) is 0 Å². The standard InChI is InChI=1S/C30H44O8/c1-7-9-10-12-22(32)38-29-15-18(4)28-14-17(3)24(33)30(28,36)25(34)19(16-37-21(31)11-8-2)13-20(26(28)35)23(29)27(29,5)6/h13-14,18,20,23-25,33-34,36H,7-12,15-16H2,1-6H3/t18?,20-,23+,24-,25+,28?,29-,30+/m0/s1. The molecule has 2 saturated carbocycles. The van der Waals surface area contributed by atoms with Crippen molar-refractivity contribution in [1.82, 2.24) is 0 Å². The van der Waals surface area contributed by atoms with Gasteiger partial charge in [0.05, 0.1) is 5.41 Å². The maximum absolute atomic E-state index is 14.5. The molecule has 2 unspecified atom stereocenters. The van der Waals surface area contributed by atoms with Crippen molar-refractivity contribution in [2.45, 2.75) is 110 Å². The molecule has 0 aromatic rings. The molecule has 2 fully saturated rings. The molecule has 0 aliphatic heterocycles. The van der Waals surface area contributed by atoms with Crippen molar-refractivity contribution in [1.29, 1.82) is 0 Å². The van der Waals surface area contributed by atoms with E-state index in [2.05, 4.69) is 6.92 Å². The van der Waals surface area contributed by atoms with Crippen LogP contribution in [0.1, 0.15) is 86.5 Å². The summed E-state index contributed by atoms with van der Waals surface area (Å²) in [5.74, 6) is -2.81. The van der Waals surface area contributed by atoms with Gasteiger partial charge in [-0.3, -0.25) is 14.4 Å². The summed E-state index contributed by atoms with van der Waals surface area (Å²) in [5.41, 5.74) is -4.74. The number of aliphatic hydroxyl groups excluding tert-OH is 2. The molecule has 4 aliphatic carbocycles. The van der Waals surface area contributed by atoms with Gasteiger partial charge in [-0.2, -0.15) is 0 Å². The highest BCUT2D eigenvalue weighted by Gasteiger charge is 2.83. The zero-order valence-electron chi connectivity index (χ0n) is 23.6. The predicted octanol–water partition coefficient (Wildman–Crippen LogP) is 3.41. The van der Waals surface area contributed by atoms with E-state index in [1.54, 1.807) is 19.1 Å². The van der Waals surface area contributed by atoms with Crippen molar-refractivity contribution >= 4 is 17.7 Å². The zero-order valence-corrected chi connectivity index (χ0v) is 23.6. The van der Waals surface area contributed by atoms with Gasteiger partial charge in [0.25, 0.3) is 0 Å². The van der Waals surface area contributed by atoms with Gasteiger partial charge >= 0.3 is 11.9 Å². The number of hydrogen-bond donors (Lipinski definition) is 3. The van der Waals surface area contributed by atoms with Crippen molar-refractivity contribution in [2.24, 2.45) is 28.6 Å². The van der Waals surface area contributed by atoms with Crippen molar-refractivity contribution in [3.05, 3.63) is 23.3 Å². The maximum atomic E-state index is 14.5. The number of unbranched alkanes of at least 4 members (excludes halogenated alkanes) is 2. The summed E-state index contributed by atoms with van der Waals surface area (Å²) in [5, 5.41) is 35.0. The largest absolute Gasteiger partial charge is 0.461 e. The normalized spacial score (nSPS) is 40.7. The Morgan fingerprint density at radius 3 is 2.37 bits per heavy atom. The van der Waals surface area contributed by atoms with Crippen LogP contribution in [0.2, 0.25) is 0 Å². The summed E-state index contributed by atoms with van der Waals surface area (Å²) in [7, 11) is 0. The Labute approximate surface area is 225 Å². The molecule has 212 valence electrons. The highest BCUT2D eigenvalue weighted by Crippen LogP contribution is 2.75. The molecule has 0 radical (unpaired) electrons. The molecule has 8 nitrogen and oxygen atoms in total. The minimum absolute atomic E-state index is 0.180. The quantitative estimate of drug-likeness (QED) is 0.234. The first kappa shape index (κ1) is 29.0. The van der Waals surface area contributed by atoms with Crippen LogP contribution >= 0.6 is 0 Å². The number of ketones is 1. The van der Waals surface area contributed by atoms with Gasteiger partial charge in [0, 0.05) is 30.1 Å². The van der Waals surface area contributed by atoms with Gasteiger partial charge < -0.3 is 24.8 Å². The van der Waals surface area contributed by atoms with E-state index >= 15 is 0 Å². The molecule has 4 rings (SSSR count). The van der Waals surface area contributed by atoms with Crippen LogP contribution in [0.15, 0.2) is 23.3 Å². The lowest BCUT2D eigenvalue weighted by Crippen LogP contribution is -2.65. The molecule has 8 atom stereocenters. The lowest BCUT2D eigenvalue weighted by molar-refractivity contribution is -0.192. The summed E-state index contributed by atoms with van der Waals surface area (Å²) in [6.07, 6.45) is 4.13. The van der Waals surface area contributed by atoms with Crippen LogP contribution in [-0.2, 0) is 23.9 Å². The van der Waals surface area contributed by atoms with E-state index in [0.717, 1.165) is 19.3 Å². The molecule has 8 heteroatoms. The first-order valence-electron chi connectivity index (χ1n) is 14.2. The monoisotopic (exact) mass is 532 g/mol. The maximum Gasteiger partial charge on any atom is 0.306 e. The smallest absolute Gasteiger partial charge is 0.306 e. The van der Waals surface area contributed by atoms with Crippen LogP contribution in [0.25, 0.3) is 0 Å². The van der Waals surface area contributed by atoms with Crippen LogP contribution in [0.5, 0.6) is 0 Å². The molecular weight excluding hydrogens is 488 g/mol. The van der Waals surface area contributed by atoms with Gasteiger partial charge in [0.2, 0.25) is 0 Å². The van der Waals surface area contributed by atoms with E-state index in [-0.39, 0.29) is 36.3 Å².